The van der Waals surface area contributed by atoms with Gasteiger partial charge in [0.15, 0.2) is 6.61 Å². The molecule has 0 spiro atoms. The van der Waals surface area contributed by atoms with Crippen LogP contribution < -0.4 is 10.1 Å². The zero-order chi connectivity index (χ0) is 15.4. The molecular weight excluding hydrogens is 309 g/mol. The Morgan fingerprint density at radius 3 is 2.48 bits per heavy atom. The molecule has 2 aromatic carbocycles. The van der Waals surface area contributed by atoms with Crippen molar-refractivity contribution in [2.45, 2.75) is 13.8 Å². The molecule has 3 nitrogen and oxygen atoms in total. The lowest BCUT2D eigenvalue weighted by Crippen LogP contribution is -2.20. The third-order valence-corrected chi connectivity index (χ3v) is 3.61. The molecule has 0 fully saturated rings. The molecule has 0 atom stereocenters. The van der Waals surface area contributed by atoms with Gasteiger partial charge >= 0.3 is 0 Å². The number of anilines is 1. The summed E-state index contributed by atoms with van der Waals surface area (Å²) in [5.41, 5.74) is 2.64. The summed E-state index contributed by atoms with van der Waals surface area (Å²) in [6.07, 6.45) is 0. The number of aryl methyl sites for hydroxylation is 2. The second-order valence-corrected chi connectivity index (χ2v) is 5.55. The van der Waals surface area contributed by atoms with Crippen molar-refractivity contribution in [3.05, 3.63) is 57.6 Å². The van der Waals surface area contributed by atoms with Gasteiger partial charge in [-0.2, -0.15) is 0 Å². The maximum absolute atomic E-state index is 11.9. The summed E-state index contributed by atoms with van der Waals surface area (Å²) < 4.78 is 5.48. The van der Waals surface area contributed by atoms with E-state index >= 15 is 0 Å². The van der Waals surface area contributed by atoms with Crippen LogP contribution in [0, 0.1) is 13.8 Å². The predicted molar refractivity (Wildman–Crippen MR) is 86.5 cm³/mol. The van der Waals surface area contributed by atoms with Gasteiger partial charge in [-0.25, -0.2) is 0 Å². The van der Waals surface area contributed by atoms with E-state index in [1.165, 1.54) is 0 Å². The minimum Gasteiger partial charge on any atom is -0.484 e. The van der Waals surface area contributed by atoms with Crippen LogP contribution in [-0.2, 0) is 4.79 Å². The smallest absolute Gasteiger partial charge is 0.262 e. The van der Waals surface area contributed by atoms with Gasteiger partial charge in [0.1, 0.15) is 5.75 Å². The van der Waals surface area contributed by atoms with E-state index in [2.05, 4.69) is 5.32 Å². The van der Waals surface area contributed by atoms with Crippen molar-refractivity contribution < 1.29 is 9.53 Å². The summed E-state index contributed by atoms with van der Waals surface area (Å²) >= 11 is 11.9. The van der Waals surface area contributed by atoms with Crippen LogP contribution >= 0.6 is 23.2 Å². The van der Waals surface area contributed by atoms with E-state index in [4.69, 9.17) is 27.9 Å². The third-order valence-electron chi connectivity index (χ3n) is 2.79. The van der Waals surface area contributed by atoms with E-state index in [1.54, 1.807) is 18.2 Å². The van der Waals surface area contributed by atoms with Crippen LogP contribution in [0.5, 0.6) is 5.75 Å². The van der Waals surface area contributed by atoms with Gasteiger partial charge in [-0.15, -0.1) is 0 Å². The molecule has 1 N–H and O–H groups in total. The number of rotatable bonds is 4. The fourth-order valence-electron chi connectivity index (χ4n) is 1.95. The van der Waals surface area contributed by atoms with E-state index in [0.717, 1.165) is 11.1 Å². The Kier molecular flexibility index (Phi) is 5.10. The highest BCUT2D eigenvalue weighted by atomic mass is 35.5. The van der Waals surface area contributed by atoms with Crippen LogP contribution in [0.1, 0.15) is 11.1 Å². The average Bonchev–Trinajstić information content (AvgIpc) is 2.41. The molecule has 0 aliphatic rings. The summed E-state index contributed by atoms with van der Waals surface area (Å²) in [6, 6.07) is 10.9. The molecule has 0 saturated heterocycles. The van der Waals surface area contributed by atoms with Crippen molar-refractivity contribution in [1.82, 2.24) is 0 Å². The largest absolute Gasteiger partial charge is 0.484 e. The van der Waals surface area contributed by atoms with Crippen molar-refractivity contribution in [2.24, 2.45) is 0 Å². The summed E-state index contributed by atoms with van der Waals surface area (Å²) in [6.45, 7) is 3.86. The molecule has 21 heavy (non-hydrogen) atoms. The lowest BCUT2D eigenvalue weighted by molar-refractivity contribution is -0.118. The van der Waals surface area contributed by atoms with E-state index in [0.29, 0.717) is 21.5 Å². The minimum atomic E-state index is -0.293. The number of nitrogens with one attached hydrogen (secondary N) is 1. The highest BCUT2D eigenvalue weighted by Gasteiger charge is 2.09. The highest BCUT2D eigenvalue weighted by Crippen LogP contribution is 2.29. The monoisotopic (exact) mass is 323 g/mol. The van der Waals surface area contributed by atoms with E-state index < -0.39 is 0 Å². The lowest BCUT2D eigenvalue weighted by Gasteiger charge is -2.10. The second-order valence-electron chi connectivity index (χ2n) is 4.76. The van der Waals surface area contributed by atoms with Crippen LogP contribution in [0.4, 0.5) is 5.69 Å². The van der Waals surface area contributed by atoms with Gasteiger partial charge < -0.3 is 10.1 Å². The number of benzene rings is 2. The Bertz CT molecular complexity index is 651. The van der Waals surface area contributed by atoms with Crippen LogP contribution in [0.3, 0.4) is 0 Å². The first kappa shape index (κ1) is 15.7. The van der Waals surface area contributed by atoms with Crippen LogP contribution in [0.25, 0.3) is 0 Å². The first-order chi connectivity index (χ1) is 9.95. The Balaban J connectivity index is 1.97. The predicted octanol–water partition coefficient (Wildman–Crippen LogP) is 4.63. The van der Waals surface area contributed by atoms with Crippen LogP contribution in [0.15, 0.2) is 36.4 Å². The minimum absolute atomic E-state index is 0.0915. The van der Waals surface area contributed by atoms with Crippen molar-refractivity contribution >= 4 is 34.8 Å². The van der Waals surface area contributed by atoms with Gasteiger partial charge in [0.2, 0.25) is 0 Å². The Morgan fingerprint density at radius 2 is 1.81 bits per heavy atom. The van der Waals surface area contributed by atoms with E-state index in [1.807, 2.05) is 32.0 Å². The molecule has 0 aliphatic heterocycles. The zero-order valence-electron chi connectivity index (χ0n) is 11.7. The molecule has 2 aromatic rings. The fraction of sp³-hybridized carbons (Fsp3) is 0.188. The fourth-order valence-corrected chi connectivity index (χ4v) is 2.30. The third kappa shape index (κ3) is 4.38. The molecule has 0 heterocycles. The van der Waals surface area contributed by atoms with Gasteiger partial charge in [-0.3, -0.25) is 4.79 Å². The second kappa shape index (κ2) is 6.83. The van der Waals surface area contributed by atoms with Crippen molar-refractivity contribution in [1.29, 1.82) is 0 Å². The summed E-state index contributed by atoms with van der Waals surface area (Å²) in [5.74, 6) is 0.373. The summed E-state index contributed by atoms with van der Waals surface area (Å²) in [7, 11) is 0. The van der Waals surface area contributed by atoms with Crippen LogP contribution in [0.2, 0.25) is 10.0 Å². The van der Waals surface area contributed by atoms with Crippen molar-refractivity contribution in [2.75, 3.05) is 11.9 Å². The number of ether oxygens (including phenoxy) is 1. The van der Waals surface area contributed by atoms with Crippen molar-refractivity contribution in [3.63, 3.8) is 0 Å². The maximum atomic E-state index is 11.9. The Labute approximate surface area is 133 Å². The number of hydrogen-bond donors (Lipinski definition) is 1. The number of carbonyl (C=O) groups is 1. The maximum Gasteiger partial charge on any atom is 0.262 e. The number of amides is 1. The molecule has 5 heteroatoms. The quantitative estimate of drug-likeness (QED) is 0.890. The van der Waals surface area contributed by atoms with Gasteiger partial charge in [0, 0.05) is 0 Å². The first-order valence-electron chi connectivity index (χ1n) is 6.40. The molecule has 2 rings (SSSR count). The number of halogens is 2. The molecule has 0 unspecified atom stereocenters. The van der Waals surface area contributed by atoms with Gasteiger partial charge in [-0.05, 0) is 49.2 Å². The molecule has 0 aliphatic carbocycles. The molecule has 110 valence electrons. The standard InChI is InChI=1S/C16H15Cl2NO2/c1-10-6-11(2)8-12(7-10)21-9-15(20)19-14-5-3-4-13(17)16(14)18/h3-8H,9H2,1-2H3,(H,19,20). The zero-order valence-corrected chi connectivity index (χ0v) is 13.3. The van der Waals surface area contributed by atoms with Gasteiger partial charge in [0.25, 0.3) is 5.91 Å². The van der Waals surface area contributed by atoms with E-state index in [-0.39, 0.29) is 12.5 Å². The molecule has 0 aromatic heterocycles. The average molecular weight is 324 g/mol. The normalized spacial score (nSPS) is 10.3. The SMILES string of the molecule is Cc1cc(C)cc(OCC(=O)Nc2cccc(Cl)c2Cl)c1. The molecule has 1 amide bonds. The summed E-state index contributed by atoms with van der Waals surface area (Å²) in [5, 5.41) is 3.38. The lowest BCUT2D eigenvalue weighted by atomic mass is 10.1. The molecular formula is C16H15Cl2NO2. The molecule has 0 bridgehead atoms. The molecule has 0 saturated carbocycles. The first-order valence-corrected chi connectivity index (χ1v) is 7.16. The topological polar surface area (TPSA) is 38.3 Å². The van der Waals surface area contributed by atoms with Crippen LogP contribution in [-0.4, -0.2) is 12.5 Å². The van der Waals surface area contributed by atoms with Gasteiger partial charge in [-0.1, -0.05) is 35.3 Å². The van der Waals surface area contributed by atoms with E-state index in [9.17, 15) is 4.79 Å². The van der Waals surface area contributed by atoms with Gasteiger partial charge in [0.05, 0.1) is 15.7 Å². The van der Waals surface area contributed by atoms with Crippen molar-refractivity contribution in [3.8, 4) is 5.75 Å². The Morgan fingerprint density at radius 1 is 1.14 bits per heavy atom. The summed E-state index contributed by atoms with van der Waals surface area (Å²) in [4.78, 5) is 11.9. The highest BCUT2D eigenvalue weighted by molar-refractivity contribution is 6.43. The molecule has 0 radical (unpaired) electrons. The Hall–Kier alpha value is -1.71. The number of hydrogen-bond acceptors (Lipinski definition) is 2. The number of carbonyl (C=O) groups excluding carboxylic acids is 1.